The van der Waals surface area contributed by atoms with Crippen molar-refractivity contribution < 1.29 is 19.2 Å². The lowest BCUT2D eigenvalue weighted by Gasteiger charge is -2.04. The molecule has 1 heterocycles. The number of carbonyl (C=O) groups excluding carboxylic acids is 1. The van der Waals surface area contributed by atoms with Crippen LogP contribution >= 0.6 is 0 Å². The Labute approximate surface area is 131 Å². The maximum atomic E-state index is 12.1. The van der Waals surface area contributed by atoms with Gasteiger partial charge in [-0.05, 0) is 43.3 Å². The molecule has 0 spiro atoms. The molecule has 23 heavy (non-hydrogen) atoms. The molecule has 1 aromatic heterocycles. The van der Waals surface area contributed by atoms with Gasteiger partial charge in [0.25, 0.3) is 0 Å². The summed E-state index contributed by atoms with van der Waals surface area (Å²) in [5, 5.41) is 16.3. The Morgan fingerprint density at radius 3 is 2.61 bits per heavy atom. The van der Waals surface area contributed by atoms with Crippen LogP contribution in [-0.4, -0.2) is 22.1 Å². The van der Waals surface area contributed by atoms with Crippen molar-refractivity contribution in [1.82, 2.24) is 5.16 Å². The molecule has 3 aromatic rings. The molecule has 0 saturated heterocycles. The number of aromatic carboxylic acids is 1. The molecular weight excluding hydrogens is 296 g/mol. The Bertz CT molecular complexity index is 881. The van der Waals surface area contributed by atoms with E-state index in [0.29, 0.717) is 17.0 Å². The number of hydrogen-bond donors (Lipinski definition) is 2. The van der Waals surface area contributed by atoms with E-state index in [2.05, 4.69) is 10.5 Å². The van der Waals surface area contributed by atoms with Crippen LogP contribution in [-0.2, 0) is 11.2 Å². The molecule has 0 radical (unpaired) electrons. The smallest absolute Gasteiger partial charge is 0.335 e. The van der Waals surface area contributed by atoms with Crippen LogP contribution in [0.4, 0.5) is 5.69 Å². The molecule has 6 nitrogen and oxygen atoms in total. The average molecular weight is 310 g/mol. The summed E-state index contributed by atoms with van der Waals surface area (Å²) in [5.41, 5.74) is 2.98. The van der Waals surface area contributed by atoms with Crippen molar-refractivity contribution in [3.8, 4) is 0 Å². The van der Waals surface area contributed by atoms with Crippen LogP contribution in [0, 0.1) is 6.92 Å². The Morgan fingerprint density at radius 1 is 1.17 bits per heavy atom. The predicted octanol–water partition coefficient (Wildman–Crippen LogP) is 3.02. The molecule has 0 aliphatic carbocycles. The topological polar surface area (TPSA) is 92.4 Å². The third-order valence-electron chi connectivity index (χ3n) is 3.44. The third kappa shape index (κ3) is 3.21. The minimum atomic E-state index is -1.01. The summed E-state index contributed by atoms with van der Waals surface area (Å²) in [7, 11) is 0. The molecule has 0 unspecified atom stereocenters. The molecule has 0 aliphatic heterocycles. The first-order valence-electron chi connectivity index (χ1n) is 7.01. The molecule has 2 aromatic carbocycles. The van der Waals surface area contributed by atoms with Gasteiger partial charge < -0.3 is 14.9 Å². The Morgan fingerprint density at radius 2 is 1.91 bits per heavy atom. The number of anilines is 1. The van der Waals surface area contributed by atoms with Crippen LogP contribution in [0.2, 0.25) is 0 Å². The second-order valence-electron chi connectivity index (χ2n) is 5.24. The van der Waals surface area contributed by atoms with Gasteiger partial charge in [-0.3, -0.25) is 4.79 Å². The van der Waals surface area contributed by atoms with Crippen molar-refractivity contribution in [3.05, 3.63) is 59.3 Å². The Kier molecular flexibility index (Phi) is 3.80. The normalized spacial score (nSPS) is 10.7. The molecule has 0 fully saturated rings. The first-order chi connectivity index (χ1) is 11.0. The molecule has 116 valence electrons. The van der Waals surface area contributed by atoms with E-state index in [-0.39, 0.29) is 17.9 Å². The van der Waals surface area contributed by atoms with Gasteiger partial charge in [0, 0.05) is 11.1 Å². The highest BCUT2D eigenvalue weighted by Gasteiger charge is 2.13. The molecule has 0 bridgehead atoms. The maximum Gasteiger partial charge on any atom is 0.335 e. The monoisotopic (exact) mass is 310 g/mol. The fraction of sp³-hybridized carbons (Fsp3) is 0.118. The maximum absolute atomic E-state index is 12.1. The number of nitrogens with one attached hydrogen (secondary N) is 1. The van der Waals surface area contributed by atoms with E-state index in [0.717, 1.165) is 10.9 Å². The summed E-state index contributed by atoms with van der Waals surface area (Å²) < 4.78 is 5.20. The largest absolute Gasteiger partial charge is 0.478 e. The lowest BCUT2D eigenvalue weighted by atomic mass is 10.1. The lowest BCUT2D eigenvalue weighted by molar-refractivity contribution is -0.115. The van der Waals surface area contributed by atoms with E-state index in [9.17, 15) is 9.59 Å². The highest BCUT2D eigenvalue weighted by Crippen LogP contribution is 2.20. The van der Waals surface area contributed by atoms with Crippen LogP contribution in [0.25, 0.3) is 11.0 Å². The average Bonchev–Trinajstić information content (AvgIpc) is 2.90. The van der Waals surface area contributed by atoms with Gasteiger partial charge in [-0.25, -0.2) is 4.79 Å². The van der Waals surface area contributed by atoms with E-state index in [1.165, 1.54) is 12.1 Å². The molecular formula is C17H14N2O4. The van der Waals surface area contributed by atoms with Gasteiger partial charge in [-0.1, -0.05) is 16.8 Å². The highest BCUT2D eigenvalue weighted by molar-refractivity contribution is 5.95. The minimum Gasteiger partial charge on any atom is -0.478 e. The van der Waals surface area contributed by atoms with Crippen molar-refractivity contribution in [3.63, 3.8) is 0 Å². The van der Waals surface area contributed by atoms with Crippen molar-refractivity contribution in [1.29, 1.82) is 0 Å². The number of fused-ring (bicyclic) bond motifs is 1. The molecule has 0 saturated carbocycles. The van der Waals surface area contributed by atoms with Gasteiger partial charge in [-0.2, -0.15) is 0 Å². The summed E-state index contributed by atoms with van der Waals surface area (Å²) in [6, 6.07) is 11.6. The van der Waals surface area contributed by atoms with Gasteiger partial charge in [-0.15, -0.1) is 0 Å². The van der Waals surface area contributed by atoms with Gasteiger partial charge >= 0.3 is 5.97 Å². The van der Waals surface area contributed by atoms with Crippen LogP contribution < -0.4 is 5.32 Å². The second kappa shape index (κ2) is 5.92. The van der Waals surface area contributed by atoms with Crippen LogP contribution in [0.3, 0.4) is 0 Å². The SMILES string of the molecule is Cc1ccc2onc(CC(=O)Nc3ccc(C(=O)O)cc3)c2c1. The minimum absolute atomic E-state index is 0.0805. The zero-order chi connectivity index (χ0) is 16.4. The first-order valence-corrected chi connectivity index (χ1v) is 7.01. The highest BCUT2D eigenvalue weighted by atomic mass is 16.5. The fourth-order valence-electron chi connectivity index (χ4n) is 2.28. The zero-order valence-corrected chi connectivity index (χ0v) is 12.4. The number of benzene rings is 2. The Hall–Kier alpha value is -3.15. The number of aryl methyl sites for hydroxylation is 1. The van der Waals surface area contributed by atoms with Gasteiger partial charge in [0.1, 0.15) is 5.69 Å². The third-order valence-corrected chi connectivity index (χ3v) is 3.44. The van der Waals surface area contributed by atoms with E-state index in [1.807, 2.05) is 25.1 Å². The number of amides is 1. The summed E-state index contributed by atoms with van der Waals surface area (Å²) >= 11 is 0. The molecule has 1 amide bonds. The van der Waals surface area contributed by atoms with Crippen molar-refractivity contribution >= 4 is 28.5 Å². The molecule has 0 atom stereocenters. The van der Waals surface area contributed by atoms with E-state index < -0.39 is 5.97 Å². The summed E-state index contributed by atoms with van der Waals surface area (Å²) in [6.07, 6.45) is 0.0805. The van der Waals surface area contributed by atoms with Crippen molar-refractivity contribution in [2.75, 3.05) is 5.32 Å². The van der Waals surface area contributed by atoms with Gasteiger partial charge in [0.05, 0.1) is 12.0 Å². The number of hydrogen-bond acceptors (Lipinski definition) is 4. The lowest BCUT2D eigenvalue weighted by Crippen LogP contribution is -2.14. The number of carboxylic acid groups (broad SMARTS) is 1. The van der Waals surface area contributed by atoms with Gasteiger partial charge in [0.15, 0.2) is 5.58 Å². The van der Waals surface area contributed by atoms with E-state index >= 15 is 0 Å². The molecule has 0 aliphatic rings. The zero-order valence-electron chi connectivity index (χ0n) is 12.4. The number of nitrogens with zero attached hydrogens (tertiary/aromatic N) is 1. The molecule has 2 N–H and O–H groups in total. The number of carboxylic acids is 1. The number of rotatable bonds is 4. The van der Waals surface area contributed by atoms with Crippen LogP contribution in [0.15, 0.2) is 47.0 Å². The standard InChI is InChI=1S/C17H14N2O4/c1-10-2-7-15-13(8-10)14(19-23-15)9-16(20)18-12-5-3-11(4-6-12)17(21)22/h2-8H,9H2,1H3,(H,18,20)(H,21,22). The first kappa shape index (κ1) is 14.8. The fourth-order valence-corrected chi connectivity index (χ4v) is 2.28. The second-order valence-corrected chi connectivity index (χ2v) is 5.24. The number of carbonyl (C=O) groups is 2. The van der Waals surface area contributed by atoms with Gasteiger partial charge in [0.2, 0.25) is 5.91 Å². The summed E-state index contributed by atoms with van der Waals surface area (Å²) in [5.74, 6) is -1.25. The molecule has 6 heteroatoms. The Balaban J connectivity index is 1.73. The number of aromatic nitrogens is 1. The van der Waals surface area contributed by atoms with Crippen molar-refractivity contribution in [2.45, 2.75) is 13.3 Å². The van der Waals surface area contributed by atoms with Crippen molar-refractivity contribution in [2.24, 2.45) is 0 Å². The quantitative estimate of drug-likeness (QED) is 0.772. The molecule has 3 rings (SSSR count). The van der Waals surface area contributed by atoms with E-state index in [4.69, 9.17) is 9.63 Å². The van der Waals surface area contributed by atoms with Crippen LogP contribution in [0.1, 0.15) is 21.6 Å². The summed E-state index contributed by atoms with van der Waals surface area (Å²) in [4.78, 5) is 22.9. The predicted molar refractivity (Wildman–Crippen MR) is 84.5 cm³/mol. The van der Waals surface area contributed by atoms with E-state index in [1.54, 1.807) is 12.1 Å². The summed E-state index contributed by atoms with van der Waals surface area (Å²) in [6.45, 7) is 1.96. The van der Waals surface area contributed by atoms with Crippen LogP contribution in [0.5, 0.6) is 0 Å².